The quantitative estimate of drug-likeness (QED) is 0.255. The molecule has 6 nitrogen and oxygen atoms in total. The van der Waals surface area contributed by atoms with Crippen LogP contribution in [0.3, 0.4) is 0 Å². The minimum atomic E-state index is -1.07. The van der Waals surface area contributed by atoms with Crippen LogP contribution in [0.5, 0.6) is 0 Å². The van der Waals surface area contributed by atoms with Gasteiger partial charge in [0.1, 0.15) is 11.4 Å². The second kappa shape index (κ2) is 14.6. The van der Waals surface area contributed by atoms with Crippen LogP contribution in [0.15, 0.2) is 72.9 Å². The average molecular weight is 557 g/mol. The Bertz CT molecular complexity index is 1320. The van der Waals surface area contributed by atoms with Crippen LogP contribution in [0.1, 0.15) is 60.6 Å². The van der Waals surface area contributed by atoms with E-state index in [0.717, 1.165) is 35.2 Å². The Hall–Kier alpha value is -3.16. The van der Waals surface area contributed by atoms with Gasteiger partial charge in [-0.3, -0.25) is 9.78 Å². The second-order valence-corrected chi connectivity index (χ2v) is 11.4. The van der Waals surface area contributed by atoms with Crippen molar-refractivity contribution in [2.75, 3.05) is 33.4 Å². The summed E-state index contributed by atoms with van der Waals surface area (Å²) in [5.41, 5.74) is 6.45. The van der Waals surface area contributed by atoms with Crippen LogP contribution in [0.4, 0.5) is 0 Å². The fourth-order valence-corrected chi connectivity index (χ4v) is 5.69. The number of benzene rings is 2. The summed E-state index contributed by atoms with van der Waals surface area (Å²) in [6.07, 6.45) is 7.67. The highest BCUT2D eigenvalue weighted by atomic mass is 16.5. The molecule has 0 bridgehead atoms. The number of carbonyl (C=O) groups excluding carboxylic acids is 1. The lowest BCUT2D eigenvalue weighted by atomic mass is 9.73. The van der Waals surface area contributed by atoms with Crippen LogP contribution in [-0.4, -0.2) is 49.3 Å². The Morgan fingerprint density at radius 2 is 2.00 bits per heavy atom. The predicted octanol–water partition coefficient (Wildman–Crippen LogP) is 5.90. The lowest BCUT2D eigenvalue weighted by Crippen LogP contribution is -2.47. The van der Waals surface area contributed by atoms with Crippen LogP contribution in [0.25, 0.3) is 11.1 Å². The minimum Gasteiger partial charge on any atom is -0.384 e. The third-order valence-electron chi connectivity index (χ3n) is 7.88. The summed E-state index contributed by atoms with van der Waals surface area (Å²) in [6.45, 7) is 9.04. The van der Waals surface area contributed by atoms with Crippen LogP contribution in [0.2, 0.25) is 0 Å². The summed E-state index contributed by atoms with van der Waals surface area (Å²) in [5, 5.41) is 15.6. The number of ketones is 1. The van der Waals surface area contributed by atoms with E-state index in [-0.39, 0.29) is 11.7 Å². The largest absolute Gasteiger partial charge is 0.384 e. The van der Waals surface area contributed by atoms with Gasteiger partial charge in [-0.25, -0.2) is 0 Å². The molecule has 2 N–H and O–H groups in total. The summed E-state index contributed by atoms with van der Waals surface area (Å²) in [4.78, 5) is 16.0. The highest BCUT2D eigenvalue weighted by Gasteiger charge is 2.43. The van der Waals surface area contributed by atoms with E-state index in [0.29, 0.717) is 50.8 Å². The maximum Gasteiger partial charge on any atom is 0.133 e. The Balaban J connectivity index is 1.52. The molecule has 2 aromatic carbocycles. The van der Waals surface area contributed by atoms with Gasteiger partial charge in [0.25, 0.3) is 0 Å². The Morgan fingerprint density at radius 3 is 2.73 bits per heavy atom. The molecule has 4 rings (SSSR count). The molecule has 1 aliphatic rings. The molecular formula is C35H44N2O4. The highest BCUT2D eigenvalue weighted by molar-refractivity contribution is 5.77. The summed E-state index contributed by atoms with van der Waals surface area (Å²) >= 11 is 0. The first-order valence-corrected chi connectivity index (χ1v) is 14.6. The van der Waals surface area contributed by atoms with Gasteiger partial charge < -0.3 is 19.9 Å². The van der Waals surface area contributed by atoms with Crippen molar-refractivity contribution in [2.24, 2.45) is 5.92 Å². The Labute approximate surface area is 244 Å². The molecule has 0 saturated carbocycles. The molecule has 1 fully saturated rings. The lowest BCUT2D eigenvalue weighted by molar-refractivity contribution is -0.116. The van der Waals surface area contributed by atoms with Gasteiger partial charge in [-0.2, -0.15) is 0 Å². The normalized spacial score (nSPS) is 19.9. The van der Waals surface area contributed by atoms with Gasteiger partial charge in [0, 0.05) is 38.1 Å². The smallest absolute Gasteiger partial charge is 0.133 e. The zero-order valence-corrected chi connectivity index (χ0v) is 24.9. The Morgan fingerprint density at radius 1 is 1.17 bits per heavy atom. The number of rotatable bonds is 13. The molecular weight excluding hydrogens is 512 g/mol. The van der Waals surface area contributed by atoms with Gasteiger partial charge in [0.2, 0.25) is 0 Å². The molecule has 0 radical (unpaired) electrons. The molecule has 0 amide bonds. The van der Waals surface area contributed by atoms with Crippen LogP contribution in [-0.2, 0) is 32.9 Å². The highest BCUT2D eigenvalue weighted by Crippen LogP contribution is 2.42. The number of aryl methyl sites for hydroxylation is 1. The number of hydrogen-bond donors (Lipinski definition) is 2. The van der Waals surface area contributed by atoms with E-state index in [1.54, 1.807) is 14.0 Å². The molecule has 2 heterocycles. The van der Waals surface area contributed by atoms with Crippen molar-refractivity contribution in [1.82, 2.24) is 10.3 Å². The van der Waals surface area contributed by atoms with Gasteiger partial charge in [-0.15, -0.1) is 0 Å². The molecule has 1 saturated heterocycles. The minimum absolute atomic E-state index is 0.125. The standard InChI is InChI=1S/C35H44N2O4/c1-25(22-40-4)23-41-24-28-13-16-34(37-20-28)35(39)17-18-36-21-33(35)31-15-14-30(19-26(31)2)32-12-8-7-11-29(32)10-6-5-9-27(3)38/h5-8,11-16,19-20,25,33,36,39H,9-10,17-18,21-24H2,1-4H3/b6-5-. The molecule has 218 valence electrons. The molecule has 41 heavy (non-hydrogen) atoms. The first-order valence-electron chi connectivity index (χ1n) is 14.6. The topological polar surface area (TPSA) is 80.7 Å². The van der Waals surface area contributed by atoms with Gasteiger partial charge in [-0.05, 0) is 72.7 Å². The van der Waals surface area contributed by atoms with Crippen molar-refractivity contribution < 1.29 is 19.4 Å². The first kappa shape index (κ1) is 30.8. The van der Waals surface area contributed by atoms with Gasteiger partial charge in [0.05, 0.1) is 25.5 Å². The van der Waals surface area contributed by atoms with Crippen molar-refractivity contribution in [3.63, 3.8) is 0 Å². The number of nitrogens with zero attached hydrogens (tertiary/aromatic N) is 1. The number of pyridine rings is 1. The van der Waals surface area contributed by atoms with Crippen molar-refractivity contribution in [3.8, 4) is 11.1 Å². The number of Topliss-reactive ketones (excluding diaryl/α,β-unsaturated/α-hetero) is 1. The zero-order valence-electron chi connectivity index (χ0n) is 24.9. The van der Waals surface area contributed by atoms with E-state index in [1.165, 1.54) is 11.1 Å². The van der Waals surface area contributed by atoms with Crippen LogP contribution < -0.4 is 5.32 Å². The monoisotopic (exact) mass is 556 g/mol. The van der Waals surface area contributed by atoms with E-state index in [4.69, 9.17) is 14.5 Å². The van der Waals surface area contributed by atoms with Crippen LogP contribution >= 0.6 is 0 Å². The number of ether oxygens (including phenoxy) is 2. The number of carbonyl (C=O) groups is 1. The summed E-state index contributed by atoms with van der Waals surface area (Å²) in [7, 11) is 1.70. The maximum atomic E-state index is 12.1. The van der Waals surface area contributed by atoms with Gasteiger partial charge in [0.15, 0.2) is 0 Å². The van der Waals surface area contributed by atoms with Gasteiger partial charge in [-0.1, -0.05) is 67.6 Å². The third kappa shape index (κ3) is 7.98. The van der Waals surface area contributed by atoms with E-state index < -0.39 is 5.60 Å². The molecule has 3 aromatic rings. The molecule has 3 atom stereocenters. The summed E-state index contributed by atoms with van der Waals surface area (Å²) < 4.78 is 11.0. The number of aliphatic hydroxyl groups is 1. The number of methoxy groups -OCH3 is 1. The number of nitrogens with one attached hydrogen (secondary N) is 1. The molecule has 1 aromatic heterocycles. The van der Waals surface area contributed by atoms with E-state index >= 15 is 0 Å². The number of hydrogen-bond acceptors (Lipinski definition) is 6. The van der Waals surface area contributed by atoms with Crippen molar-refractivity contribution in [3.05, 3.63) is 101 Å². The summed E-state index contributed by atoms with van der Waals surface area (Å²) in [6, 6.07) is 18.9. The molecule has 0 aliphatic carbocycles. The predicted molar refractivity (Wildman–Crippen MR) is 164 cm³/mol. The fraction of sp³-hybridized carbons (Fsp3) is 0.429. The third-order valence-corrected chi connectivity index (χ3v) is 7.88. The average Bonchev–Trinajstić information content (AvgIpc) is 2.96. The maximum absolute atomic E-state index is 12.1. The molecule has 6 heteroatoms. The SMILES string of the molecule is COCC(C)COCc1ccc(C2(O)CCNCC2c2ccc(-c3ccccc3C/C=C\CC(C)=O)cc2C)nc1. The van der Waals surface area contributed by atoms with Crippen molar-refractivity contribution in [1.29, 1.82) is 0 Å². The van der Waals surface area contributed by atoms with E-state index in [9.17, 15) is 9.90 Å². The van der Waals surface area contributed by atoms with E-state index in [2.05, 4.69) is 67.7 Å². The number of aromatic nitrogens is 1. The Kier molecular flexibility index (Phi) is 11.0. The van der Waals surface area contributed by atoms with Crippen molar-refractivity contribution in [2.45, 2.75) is 58.2 Å². The number of allylic oxidation sites excluding steroid dienone is 2. The van der Waals surface area contributed by atoms with Gasteiger partial charge >= 0.3 is 0 Å². The number of piperidine rings is 1. The second-order valence-electron chi connectivity index (χ2n) is 11.4. The molecule has 1 aliphatic heterocycles. The molecule has 3 unspecified atom stereocenters. The van der Waals surface area contributed by atoms with Crippen LogP contribution in [0, 0.1) is 12.8 Å². The first-order chi connectivity index (χ1) is 19.8. The molecule has 0 spiro atoms. The fourth-order valence-electron chi connectivity index (χ4n) is 5.69. The summed E-state index contributed by atoms with van der Waals surface area (Å²) in [5.74, 6) is 0.377. The zero-order chi connectivity index (χ0) is 29.2. The lowest BCUT2D eigenvalue weighted by Gasteiger charge is -2.41. The van der Waals surface area contributed by atoms with Crippen molar-refractivity contribution >= 4 is 5.78 Å². The van der Waals surface area contributed by atoms with E-state index in [1.807, 2.05) is 24.4 Å².